The third-order valence-electron chi connectivity index (χ3n) is 3.35. The molecule has 0 atom stereocenters. The van der Waals surface area contributed by atoms with Gasteiger partial charge in [-0.15, -0.1) is 0 Å². The Morgan fingerprint density at radius 3 is 2.76 bits per heavy atom. The summed E-state index contributed by atoms with van der Waals surface area (Å²) in [5.41, 5.74) is 3.93. The number of aryl methyl sites for hydroxylation is 2. The second-order valence-electron chi connectivity index (χ2n) is 4.84. The van der Waals surface area contributed by atoms with Crippen molar-refractivity contribution in [1.82, 2.24) is 10.2 Å². The summed E-state index contributed by atoms with van der Waals surface area (Å²) in [7, 11) is 0. The quantitative estimate of drug-likeness (QED) is 0.827. The summed E-state index contributed by atoms with van der Waals surface area (Å²) in [4.78, 5) is 2.51. The van der Waals surface area contributed by atoms with Gasteiger partial charge in [-0.25, -0.2) is 0 Å². The highest BCUT2D eigenvalue weighted by Crippen LogP contribution is 2.15. The first-order valence-corrected chi connectivity index (χ1v) is 6.50. The molecule has 0 saturated carbocycles. The molecule has 0 bridgehead atoms. The fourth-order valence-corrected chi connectivity index (χ4v) is 2.21. The zero-order valence-electron chi connectivity index (χ0n) is 10.9. The Morgan fingerprint density at radius 1 is 1.24 bits per heavy atom. The number of rotatable bonds is 4. The Bertz CT molecular complexity index is 356. The van der Waals surface area contributed by atoms with Crippen molar-refractivity contribution < 1.29 is 0 Å². The van der Waals surface area contributed by atoms with Crippen LogP contribution in [0.2, 0.25) is 0 Å². The van der Waals surface area contributed by atoms with Gasteiger partial charge in [-0.2, -0.15) is 0 Å². The number of hydrogen-bond acceptors (Lipinski definition) is 3. The molecule has 3 heteroatoms. The minimum absolute atomic E-state index is 1.03. The van der Waals surface area contributed by atoms with E-state index >= 15 is 0 Å². The van der Waals surface area contributed by atoms with E-state index in [1.165, 1.54) is 29.9 Å². The Balaban J connectivity index is 1.79. The summed E-state index contributed by atoms with van der Waals surface area (Å²) < 4.78 is 0. The lowest BCUT2D eigenvalue weighted by Gasteiger charge is -2.27. The van der Waals surface area contributed by atoms with Crippen LogP contribution in [-0.2, 0) is 0 Å². The van der Waals surface area contributed by atoms with Gasteiger partial charge in [0, 0.05) is 45.0 Å². The summed E-state index contributed by atoms with van der Waals surface area (Å²) >= 11 is 0. The average Bonchev–Trinajstić information content (AvgIpc) is 2.35. The van der Waals surface area contributed by atoms with Crippen molar-refractivity contribution in [2.45, 2.75) is 13.8 Å². The van der Waals surface area contributed by atoms with Crippen molar-refractivity contribution in [3.63, 3.8) is 0 Å². The van der Waals surface area contributed by atoms with Gasteiger partial charge in [0.05, 0.1) is 0 Å². The molecule has 0 amide bonds. The molecule has 17 heavy (non-hydrogen) atoms. The van der Waals surface area contributed by atoms with Gasteiger partial charge in [-0.1, -0.05) is 12.1 Å². The van der Waals surface area contributed by atoms with Crippen LogP contribution in [0, 0.1) is 13.8 Å². The van der Waals surface area contributed by atoms with Crippen LogP contribution in [-0.4, -0.2) is 44.2 Å². The summed E-state index contributed by atoms with van der Waals surface area (Å²) in [5, 5.41) is 6.92. The largest absolute Gasteiger partial charge is 0.384 e. The minimum atomic E-state index is 1.03. The average molecular weight is 233 g/mol. The number of nitrogens with one attached hydrogen (secondary N) is 2. The van der Waals surface area contributed by atoms with Crippen molar-refractivity contribution in [2.24, 2.45) is 0 Å². The molecule has 2 rings (SSSR count). The van der Waals surface area contributed by atoms with E-state index < -0.39 is 0 Å². The molecule has 0 radical (unpaired) electrons. The van der Waals surface area contributed by atoms with Crippen LogP contribution >= 0.6 is 0 Å². The molecular weight excluding hydrogens is 210 g/mol. The highest BCUT2D eigenvalue weighted by molar-refractivity contribution is 5.52. The van der Waals surface area contributed by atoms with Crippen LogP contribution in [0.1, 0.15) is 11.1 Å². The van der Waals surface area contributed by atoms with Crippen LogP contribution < -0.4 is 10.6 Å². The molecule has 1 aliphatic rings. The smallest absolute Gasteiger partial charge is 0.0372 e. The normalized spacial score (nSPS) is 17.1. The third kappa shape index (κ3) is 3.72. The van der Waals surface area contributed by atoms with Crippen molar-refractivity contribution in [3.8, 4) is 0 Å². The minimum Gasteiger partial charge on any atom is -0.384 e. The second-order valence-corrected chi connectivity index (χ2v) is 4.84. The Morgan fingerprint density at radius 2 is 2.00 bits per heavy atom. The highest BCUT2D eigenvalue weighted by Gasteiger charge is 2.08. The topological polar surface area (TPSA) is 27.3 Å². The van der Waals surface area contributed by atoms with Crippen molar-refractivity contribution in [2.75, 3.05) is 44.6 Å². The van der Waals surface area contributed by atoms with Gasteiger partial charge in [0.1, 0.15) is 0 Å². The monoisotopic (exact) mass is 233 g/mol. The molecular formula is C14H23N3. The first kappa shape index (κ1) is 12.4. The van der Waals surface area contributed by atoms with E-state index in [1.54, 1.807) is 0 Å². The van der Waals surface area contributed by atoms with Crippen LogP contribution in [0.3, 0.4) is 0 Å². The molecule has 1 aromatic carbocycles. The number of piperazine rings is 1. The Labute approximate surface area is 104 Å². The third-order valence-corrected chi connectivity index (χ3v) is 3.35. The predicted molar refractivity (Wildman–Crippen MR) is 73.7 cm³/mol. The lowest BCUT2D eigenvalue weighted by atomic mass is 10.1. The molecule has 1 fully saturated rings. The first-order valence-electron chi connectivity index (χ1n) is 6.50. The maximum atomic E-state index is 3.54. The fraction of sp³-hybridized carbons (Fsp3) is 0.571. The maximum Gasteiger partial charge on any atom is 0.0372 e. The molecule has 1 aliphatic heterocycles. The zero-order valence-corrected chi connectivity index (χ0v) is 10.9. The molecule has 2 N–H and O–H groups in total. The molecule has 3 nitrogen and oxygen atoms in total. The molecule has 1 heterocycles. The van der Waals surface area contributed by atoms with Gasteiger partial charge in [-0.05, 0) is 31.0 Å². The van der Waals surface area contributed by atoms with E-state index in [-0.39, 0.29) is 0 Å². The van der Waals surface area contributed by atoms with E-state index in [4.69, 9.17) is 0 Å². The van der Waals surface area contributed by atoms with E-state index in [1.807, 2.05) is 0 Å². The number of benzene rings is 1. The van der Waals surface area contributed by atoms with Crippen molar-refractivity contribution in [3.05, 3.63) is 29.3 Å². The van der Waals surface area contributed by atoms with Crippen molar-refractivity contribution >= 4 is 5.69 Å². The summed E-state index contributed by atoms with van der Waals surface area (Å²) in [6.45, 7) is 11.1. The number of hydrogen-bond donors (Lipinski definition) is 2. The maximum absolute atomic E-state index is 3.54. The molecule has 0 aromatic heterocycles. The van der Waals surface area contributed by atoms with Gasteiger partial charge in [0.25, 0.3) is 0 Å². The van der Waals surface area contributed by atoms with Crippen LogP contribution in [0.5, 0.6) is 0 Å². The van der Waals surface area contributed by atoms with E-state index in [9.17, 15) is 0 Å². The highest BCUT2D eigenvalue weighted by atomic mass is 15.2. The first-order chi connectivity index (χ1) is 8.25. The molecule has 0 aliphatic carbocycles. The van der Waals surface area contributed by atoms with Crippen LogP contribution in [0.15, 0.2) is 18.2 Å². The van der Waals surface area contributed by atoms with Gasteiger partial charge in [-0.3, -0.25) is 4.90 Å². The van der Waals surface area contributed by atoms with Gasteiger partial charge in [0.2, 0.25) is 0 Å². The Hall–Kier alpha value is -1.06. The van der Waals surface area contributed by atoms with Crippen molar-refractivity contribution in [1.29, 1.82) is 0 Å². The molecule has 94 valence electrons. The fourth-order valence-electron chi connectivity index (χ4n) is 2.21. The SMILES string of the molecule is Cc1ccc(C)c(NCCN2CCNCC2)c1. The van der Waals surface area contributed by atoms with E-state index in [0.717, 1.165) is 26.2 Å². The number of nitrogens with zero attached hydrogens (tertiary/aromatic N) is 1. The molecule has 0 spiro atoms. The van der Waals surface area contributed by atoms with Crippen LogP contribution in [0.4, 0.5) is 5.69 Å². The summed E-state index contributed by atoms with van der Waals surface area (Å²) in [5.74, 6) is 0. The van der Waals surface area contributed by atoms with Gasteiger partial charge < -0.3 is 10.6 Å². The van der Waals surface area contributed by atoms with Crippen LogP contribution in [0.25, 0.3) is 0 Å². The van der Waals surface area contributed by atoms with Gasteiger partial charge >= 0.3 is 0 Å². The predicted octanol–water partition coefficient (Wildman–Crippen LogP) is 1.62. The van der Waals surface area contributed by atoms with E-state index in [2.05, 4.69) is 47.6 Å². The second kappa shape index (κ2) is 6.03. The lowest BCUT2D eigenvalue weighted by molar-refractivity contribution is 0.249. The number of anilines is 1. The molecule has 0 unspecified atom stereocenters. The molecule has 1 saturated heterocycles. The van der Waals surface area contributed by atoms with Gasteiger partial charge in [0.15, 0.2) is 0 Å². The zero-order chi connectivity index (χ0) is 12.1. The molecule has 1 aromatic rings. The Kier molecular flexibility index (Phi) is 4.40. The lowest BCUT2D eigenvalue weighted by Crippen LogP contribution is -2.45. The summed E-state index contributed by atoms with van der Waals surface area (Å²) in [6, 6.07) is 6.58. The standard InChI is InChI=1S/C14H23N3/c1-12-3-4-13(2)14(11-12)16-7-10-17-8-5-15-6-9-17/h3-4,11,15-16H,5-10H2,1-2H3. The summed E-state index contributed by atoms with van der Waals surface area (Å²) in [6.07, 6.45) is 0. The van der Waals surface area contributed by atoms with E-state index in [0.29, 0.717) is 0 Å².